The third-order valence-corrected chi connectivity index (χ3v) is 7.07. The van der Waals surface area contributed by atoms with Crippen molar-refractivity contribution in [1.29, 1.82) is 5.26 Å². The van der Waals surface area contributed by atoms with E-state index in [4.69, 9.17) is 10.4 Å². The van der Waals surface area contributed by atoms with Gasteiger partial charge in [-0.1, -0.05) is 12.1 Å². The zero-order valence-electron chi connectivity index (χ0n) is 20.7. The Kier molecular flexibility index (Phi) is 8.34. The van der Waals surface area contributed by atoms with Crippen LogP contribution in [0.1, 0.15) is 49.1 Å². The lowest BCUT2D eigenvalue weighted by Crippen LogP contribution is -2.57. The molecule has 12 heteroatoms. The topological polar surface area (TPSA) is 122 Å². The largest absolute Gasteiger partial charge is 0.481 e. The number of nitrogens with one attached hydrogen (secondary N) is 1. The number of hydrogen-bond donors (Lipinski definition) is 2. The molecular weight excluding hydrogens is 501 g/mol. The average molecular weight is 531 g/mol. The standard InChI is InChI=1S/C26H29F3N6O3/c27-26(28,29)25-32-21(34-12-8-18(9-13-34)5-6-23(36)37)15-22(33-25)35-14-10-20(35)24(38)31-11-7-17-1-3-19(16-30)4-2-17/h1-4,15,18,20H,5-14H2,(H,31,38)(H,36,37). The lowest BCUT2D eigenvalue weighted by atomic mass is 9.92. The maximum atomic E-state index is 13.7. The second-order valence-corrected chi connectivity index (χ2v) is 9.62. The third kappa shape index (κ3) is 6.70. The number of aromatic nitrogens is 2. The van der Waals surface area contributed by atoms with Gasteiger partial charge < -0.3 is 20.2 Å². The summed E-state index contributed by atoms with van der Waals surface area (Å²) in [4.78, 5) is 34.5. The highest BCUT2D eigenvalue weighted by Crippen LogP contribution is 2.34. The van der Waals surface area contributed by atoms with Crippen LogP contribution in [0.15, 0.2) is 30.3 Å². The number of rotatable bonds is 9. The maximum absolute atomic E-state index is 13.7. The molecule has 2 aliphatic rings. The molecule has 0 saturated carbocycles. The van der Waals surface area contributed by atoms with Gasteiger partial charge in [-0.05, 0) is 55.7 Å². The number of carbonyl (C=O) groups is 2. The first-order valence-electron chi connectivity index (χ1n) is 12.6. The van der Waals surface area contributed by atoms with E-state index < -0.39 is 24.0 Å². The van der Waals surface area contributed by atoms with E-state index in [-0.39, 0.29) is 29.9 Å². The van der Waals surface area contributed by atoms with Gasteiger partial charge in [-0.25, -0.2) is 9.97 Å². The Morgan fingerprint density at radius 2 is 1.76 bits per heavy atom. The second-order valence-electron chi connectivity index (χ2n) is 9.62. The molecule has 38 heavy (non-hydrogen) atoms. The fraction of sp³-hybridized carbons (Fsp3) is 0.500. The first-order chi connectivity index (χ1) is 18.1. The zero-order chi connectivity index (χ0) is 27.3. The quantitative estimate of drug-likeness (QED) is 0.506. The normalized spacial score (nSPS) is 18.0. The Labute approximate surface area is 218 Å². The van der Waals surface area contributed by atoms with Gasteiger partial charge in [0, 0.05) is 38.7 Å². The van der Waals surface area contributed by atoms with E-state index in [1.807, 2.05) is 18.2 Å². The first kappa shape index (κ1) is 27.2. The van der Waals surface area contributed by atoms with Gasteiger partial charge in [-0.3, -0.25) is 9.59 Å². The summed E-state index contributed by atoms with van der Waals surface area (Å²) in [7, 11) is 0. The van der Waals surface area contributed by atoms with E-state index in [0.717, 1.165) is 5.56 Å². The van der Waals surface area contributed by atoms with Gasteiger partial charge >= 0.3 is 12.1 Å². The van der Waals surface area contributed by atoms with E-state index in [2.05, 4.69) is 15.3 Å². The highest BCUT2D eigenvalue weighted by Gasteiger charge is 2.40. The van der Waals surface area contributed by atoms with Crippen LogP contribution in [0.3, 0.4) is 0 Å². The SMILES string of the molecule is N#Cc1ccc(CCNC(=O)C2CCN2c2cc(N3CCC(CCC(=O)O)CC3)nc(C(F)(F)F)n2)cc1. The lowest BCUT2D eigenvalue weighted by molar-refractivity contribution is -0.144. The first-order valence-corrected chi connectivity index (χ1v) is 12.6. The van der Waals surface area contributed by atoms with Gasteiger partial charge in [0.25, 0.3) is 0 Å². The van der Waals surface area contributed by atoms with Crippen LogP contribution in [0.2, 0.25) is 0 Å². The highest BCUT2D eigenvalue weighted by atomic mass is 19.4. The van der Waals surface area contributed by atoms with Crippen molar-refractivity contribution in [2.45, 2.75) is 50.7 Å². The molecule has 4 rings (SSSR count). The molecule has 2 aliphatic heterocycles. The number of benzene rings is 1. The van der Waals surface area contributed by atoms with E-state index >= 15 is 0 Å². The van der Waals surface area contributed by atoms with Gasteiger partial charge in [0.05, 0.1) is 11.6 Å². The van der Waals surface area contributed by atoms with Crippen molar-refractivity contribution in [3.05, 3.63) is 47.3 Å². The van der Waals surface area contributed by atoms with Crippen molar-refractivity contribution in [2.75, 3.05) is 36.0 Å². The number of hydrogen-bond acceptors (Lipinski definition) is 7. The van der Waals surface area contributed by atoms with Crippen LogP contribution in [-0.2, 0) is 22.2 Å². The number of carbonyl (C=O) groups excluding carboxylic acids is 1. The van der Waals surface area contributed by atoms with Crippen molar-refractivity contribution in [2.24, 2.45) is 5.92 Å². The number of halogens is 3. The molecule has 202 valence electrons. The summed E-state index contributed by atoms with van der Waals surface area (Å²) in [6.07, 6.45) is -1.73. The molecule has 2 saturated heterocycles. The Morgan fingerprint density at radius 3 is 2.34 bits per heavy atom. The molecule has 1 unspecified atom stereocenters. The molecule has 0 aliphatic carbocycles. The zero-order valence-corrected chi connectivity index (χ0v) is 20.7. The number of piperidine rings is 1. The molecule has 2 aromatic rings. The number of alkyl halides is 3. The predicted molar refractivity (Wildman–Crippen MR) is 132 cm³/mol. The second kappa shape index (κ2) is 11.7. The summed E-state index contributed by atoms with van der Waals surface area (Å²) in [6, 6.07) is 9.97. The van der Waals surface area contributed by atoms with E-state index in [0.29, 0.717) is 63.8 Å². The van der Waals surface area contributed by atoms with E-state index in [1.165, 1.54) is 6.07 Å². The molecule has 1 aromatic heterocycles. The summed E-state index contributed by atoms with van der Waals surface area (Å²) >= 11 is 0. The molecule has 0 bridgehead atoms. The molecular formula is C26H29F3N6O3. The number of nitrogens with zero attached hydrogens (tertiary/aromatic N) is 5. The summed E-state index contributed by atoms with van der Waals surface area (Å²) in [5.74, 6) is -1.95. The predicted octanol–water partition coefficient (Wildman–Crippen LogP) is 3.39. The fourth-order valence-corrected chi connectivity index (χ4v) is 4.76. The van der Waals surface area contributed by atoms with Crippen LogP contribution < -0.4 is 15.1 Å². The number of amides is 1. The van der Waals surface area contributed by atoms with Gasteiger partial charge in [0.15, 0.2) is 0 Å². The van der Waals surface area contributed by atoms with Crippen molar-refractivity contribution in [1.82, 2.24) is 15.3 Å². The smallest absolute Gasteiger partial charge is 0.451 e. The molecule has 2 fully saturated rings. The minimum absolute atomic E-state index is 0.0637. The van der Waals surface area contributed by atoms with Crippen LogP contribution >= 0.6 is 0 Å². The summed E-state index contributed by atoms with van der Waals surface area (Å²) in [6.45, 7) is 1.70. The highest BCUT2D eigenvalue weighted by molar-refractivity contribution is 5.86. The monoisotopic (exact) mass is 530 g/mol. The molecule has 0 radical (unpaired) electrons. The van der Waals surface area contributed by atoms with Crippen LogP contribution in [0, 0.1) is 17.2 Å². The Bertz CT molecular complexity index is 1190. The number of carboxylic acid groups (broad SMARTS) is 1. The molecule has 3 heterocycles. The van der Waals surface area contributed by atoms with Crippen molar-refractivity contribution >= 4 is 23.5 Å². The fourth-order valence-electron chi connectivity index (χ4n) is 4.76. The van der Waals surface area contributed by atoms with E-state index in [1.54, 1.807) is 21.9 Å². The van der Waals surface area contributed by atoms with Gasteiger partial charge in [0.2, 0.25) is 11.7 Å². The van der Waals surface area contributed by atoms with Gasteiger partial charge in [-0.2, -0.15) is 18.4 Å². The number of nitriles is 1. The van der Waals surface area contributed by atoms with E-state index in [9.17, 15) is 22.8 Å². The molecule has 2 N–H and O–H groups in total. The van der Waals surface area contributed by atoms with Crippen molar-refractivity contribution in [3.63, 3.8) is 0 Å². The van der Waals surface area contributed by atoms with Crippen LogP contribution in [0.4, 0.5) is 24.8 Å². The summed E-state index contributed by atoms with van der Waals surface area (Å²) < 4.78 is 41.0. The van der Waals surface area contributed by atoms with Crippen molar-refractivity contribution in [3.8, 4) is 6.07 Å². The van der Waals surface area contributed by atoms with Gasteiger partial charge in [-0.15, -0.1) is 0 Å². The molecule has 1 atom stereocenters. The molecule has 1 aromatic carbocycles. The minimum Gasteiger partial charge on any atom is -0.481 e. The average Bonchev–Trinajstić information content (AvgIpc) is 2.87. The Hall–Kier alpha value is -3.88. The molecule has 1 amide bonds. The minimum atomic E-state index is -4.74. The lowest BCUT2D eigenvalue weighted by Gasteiger charge is -2.41. The maximum Gasteiger partial charge on any atom is 0.451 e. The number of carboxylic acids is 1. The Morgan fingerprint density at radius 1 is 1.08 bits per heavy atom. The van der Waals surface area contributed by atoms with Crippen LogP contribution in [0.25, 0.3) is 0 Å². The number of anilines is 2. The third-order valence-electron chi connectivity index (χ3n) is 7.07. The van der Waals surface area contributed by atoms with Crippen molar-refractivity contribution < 1.29 is 27.9 Å². The van der Waals surface area contributed by atoms with Crippen LogP contribution in [0.5, 0.6) is 0 Å². The molecule has 0 spiro atoms. The van der Waals surface area contributed by atoms with Gasteiger partial charge in [0.1, 0.15) is 17.7 Å². The van der Waals surface area contributed by atoms with Crippen LogP contribution in [-0.4, -0.2) is 59.2 Å². The molecule has 9 nitrogen and oxygen atoms in total. The number of aliphatic carboxylic acids is 1. The Balaban J connectivity index is 1.40. The summed E-state index contributed by atoms with van der Waals surface area (Å²) in [5.41, 5.74) is 1.50. The summed E-state index contributed by atoms with van der Waals surface area (Å²) in [5, 5.41) is 20.6.